The molecule has 0 fully saturated rings. The van der Waals surface area contributed by atoms with Crippen LogP contribution in [0.25, 0.3) is 0 Å². The quantitative estimate of drug-likeness (QED) is 0.155. The molecule has 1 unspecified atom stereocenters. The molecule has 2 amide bonds. The highest BCUT2D eigenvalue weighted by Crippen LogP contribution is 2.33. The second kappa shape index (κ2) is 15.8. The highest BCUT2D eigenvalue weighted by atomic mass is 35.5. The lowest BCUT2D eigenvalue weighted by molar-refractivity contribution is -0.140. The summed E-state index contributed by atoms with van der Waals surface area (Å²) in [6.07, 6.45) is 0.855. The molecule has 0 radical (unpaired) electrons. The van der Waals surface area contributed by atoms with Crippen molar-refractivity contribution in [3.63, 3.8) is 0 Å². The minimum Gasteiger partial charge on any atom is -0.354 e. The number of carbonyl (C=O) groups is 2. The normalized spacial score (nSPS) is 11.9. The van der Waals surface area contributed by atoms with E-state index in [1.54, 1.807) is 36.4 Å². The Bertz CT molecular complexity index is 1740. The highest BCUT2D eigenvalue weighted by molar-refractivity contribution is 7.92. The molecular formula is C33H31Cl4N3O4S. The summed E-state index contributed by atoms with van der Waals surface area (Å²) in [7, 11) is -4.32. The molecule has 0 aliphatic heterocycles. The van der Waals surface area contributed by atoms with Crippen LogP contribution in [0.15, 0.2) is 102 Å². The topological polar surface area (TPSA) is 86.8 Å². The fourth-order valence-electron chi connectivity index (χ4n) is 4.66. The van der Waals surface area contributed by atoms with Gasteiger partial charge in [0.05, 0.1) is 25.7 Å². The van der Waals surface area contributed by atoms with Gasteiger partial charge >= 0.3 is 0 Å². The van der Waals surface area contributed by atoms with Crippen LogP contribution in [0.4, 0.5) is 5.69 Å². The van der Waals surface area contributed by atoms with Gasteiger partial charge in [-0.15, -0.1) is 0 Å². The second-order valence-electron chi connectivity index (χ2n) is 10.2. The van der Waals surface area contributed by atoms with Gasteiger partial charge in [-0.25, -0.2) is 8.42 Å². The van der Waals surface area contributed by atoms with E-state index in [4.69, 9.17) is 46.4 Å². The van der Waals surface area contributed by atoms with Crippen molar-refractivity contribution in [1.29, 1.82) is 0 Å². The van der Waals surface area contributed by atoms with Crippen LogP contribution in [0.2, 0.25) is 20.1 Å². The molecule has 0 aliphatic carbocycles. The Morgan fingerprint density at radius 3 is 2.07 bits per heavy atom. The predicted octanol–water partition coefficient (Wildman–Crippen LogP) is 7.66. The Labute approximate surface area is 283 Å². The minimum absolute atomic E-state index is 0.0194. The lowest BCUT2D eigenvalue weighted by atomic mass is 10.0. The monoisotopic (exact) mass is 705 g/mol. The van der Waals surface area contributed by atoms with E-state index < -0.39 is 28.5 Å². The van der Waals surface area contributed by atoms with Crippen molar-refractivity contribution in [1.82, 2.24) is 10.2 Å². The van der Waals surface area contributed by atoms with Gasteiger partial charge < -0.3 is 10.2 Å². The lowest BCUT2D eigenvalue weighted by Gasteiger charge is -2.34. The number of nitrogens with one attached hydrogen (secondary N) is 1. The van der Waals surface area contributed by atoms with Crippen LogP contribution in [0.5, 0.6) is 0 Å². The van der Waals surface area contributed by atoms with Gasteiger partial charge in [0.1, 0.15) is 12.6 Å². The summed E-state index contributed by atoms with van der Waals surface area (Å²) < 4.78 is 29.1. The Kier molecular flexibility index (Phi) is 12.2. The Morgan fingerprint density at radius 2 is 1.42 bits per heavy atom. The van der Waals surface area contributed by atoms with Crippen molar-refractivity contribution < 1.29 is 18.0 Å². The first kappa shape index (κ1) is 34.6. The number of anilines is 1. The van der Waals surface area contributed by atoms with Crippen LogP contribution in [0.3, 0.4) is 0 Å². The fraction of sp³-hybridized carbons (Fsp3) is 0.212. The molecule has 0 spiro atoms. The molecule has 236 valence electrons. The molecule has 0 bridgehead atoms. The highest BCUT2D eigenvalue weighted by Gasteiger charge is 2.35. The van der Waals surface area contributed by atoms with E-state index in [0.717, 1.165) is 9.87 Å². The maximum absolute atomic E-state index is 14.5. The van der Waals surface area contributed by atoms with Crippen LogP contribution in [-0.2, 0) is 32.6 Å². The molecule has 0 heterocycles. The third-order valence-electron chi connectivity index (χ3n) is 6.94. The summed E-state index contributed by atoms with van der Waals surface area (Å²) in [6, 6.07) is 25.2. The largest absolute Gasteiger partial charge is 0.354 e. The molecule has 0 aromatic heterocycles. The molecule has 1 atom stereocenters. The third-order valence-corrected chi connectivity index (χ3v) is 10.0. The third kappa shape index (κ3) is 8.93. The first-order chi connectivity index (χ1) is 21.5. The maximum Gasteiger partial charge on any atom is 0.264 e. The van der Waals surface area contributed by atoms with Gasteiger partial charge in [0.25, 0.3) is 10.0 Å². The standard InChI is InChI=1S/C33H31Cl4N3O4S/c1-2-17-38-33(42)31(19-23-9-5-3-6-10-23)39(21-24-13-15-27(35)29(37)18-24)32(41)22-40(30-20-25(34)14-16-28(30)36)45(43,44)26-11-7-4-8-12-26/h3-16,18,20,31H,2,17,19,21-22H2,1H3,(H,38,42). The number of hydrogen-bond donors (Lipinski definition) is 1. The van der Waals surface area contributed by atoms with Crippen molar-refractivity contribution in [2.45, 2.75) is 37.2 Å². The van der Waals surface area contributed by atoms with Crippen LogP contribution in [-0.4, -0.2) is 44.3 Å². The summed E-state index contributed by atoms with van der Waals surface area (Å²) in [4.78, 5) is 29.5. The summed E-state index contributed by atoms with van der Waals surface area (Å²) in [5, 5.41) is 3.80. The molecule has 45 heavy (non-hydrogen) atoms. The van der Waals surface area contributed by atoms with Gasteiger partial charge in [-0.3, -0.25) is 13.9 Å². The number of sulfonamides is 1. The Hall–Kier alpha value is -3.27. The van der Waals surface area contributed by atoms with Crippen molar-refractivity contribution in [2.75, 3.05) is 17.4 Å². The summed E-state index contributed by atoms with van der Waals surface area (Å²) in [5.41, 5.74) is 1.43. The van der Waals surface area contributed by atoms with E-state index >= 15 is 0 Å². The van der Waals surface area contributed by atoms with Crippen LogP contribution < -0.4 is 9.62 Å². The summed E-state index contributed by atoms with van der Waals surface area (Å²) in [5.74, 6) is -1.03. The average molecular weight is 708 g/mol. The molecule has 12 heteroatoms. The zero-order chi connectivity index (χ0) is 32.6. The van der Waals surface area contributed by atoms with E-state index in [1.165, 1.54) is 35.2 Å². The number of halogens is 4. The maximum atomic E-state index is 14.5. The summed E-state index contributed by atoms with van der Waals surface area (Å²) >= 11 is 25.2. The SMILES string of the molecule is CCCNC(=O)C(Cc1ccccc1)N(Cc1ccc(Cl)c(Cl)c1)C(=O)CN(c1cc(Cl)ccc1Cl)S(=O)(=O)c1ccccc1. The number of benzene rings is 4. The fourth-order valence-corrected chi connectivity index (χ4v) is 6.87. The molecule has 4 aromatic carbocycles. The first-order valence-corrected chi connectivity index (χ1v) is 17.0. The molecule has 0 aliphatic rings. The van der Waals surface area contributed by atoms with Crippen LogP contribution in [0.1, 0.15) is 24.5 Å². The van der Waals surface area contributed by atoms with Crippen molar-refractivity contribution >= 4 is 73.9 Å². The van der Waals surface area contributed by atoms with E-state index in [1.807, 2.05) is 37.3 Å². The van der Waals surface area contributed by atoms with E-state index in [0.29, 0.717) is 23.6 Å². The lowest BCUT2D eigenvalue weighted by Crippen LogP contribution is -2.53. The molecule has 1 N–H and O–H groups in total. The van der Waals surface area contributed by atoms with Gasteiger partial charge in [0, 0.05) is 24.5 Å². The van der Waals surface area contributed by atoms with Crippen molar-refractivity contribution in [3.8, 4) is 0 Å². The number of carbonyl (C=O) groups excluding carboxylic acids is 2. The van der Waals surface area contributed by atoms with Gasteiger partial charge in [0.2, 0.25) is 11.8 Å². The van der Waals surface area contributed by atoms with Crippen molar-refractivity contribution in [2.24, 2.45) is 0 Å². The second-order valence-corrected chi connectivity index (χ2v) is 13.7. The van der Waals surface area contributed by atoms with E-state index in [9.17, 15) is 18.0 Å². The Morgan fingerprint density at radius 1 is 0.778 bits per heavy atom. The number of nitrogens with zero attached hydrogens (tertiary/aromatic N) is 2. The first-order valence-electron chi connectivity index (χ1n) is 14.1. The van der Waals surface area contributed by atoms with Gasteiger partial charge in [-0.05, 0) is 60.0 Å². The van der Waals surface area contributed by atoms with Crippen LogP contribution >= 0.6 is 46.4 Å². The molecule has 0 saturated carbocycles. The van der Waals surface area contributed by atoms with Gasteiger partial charge in [-0.2, -0.15) is 0 Å². The molecule has 0 saturated heterocycles. The Balaban J connectivity index is 1.83. The average Bonchev–Trinajstić information content (AvgIpc) is 3.04. The summed E-state index contributed by atoms with van der Waals surface area (Å²) in [6.45, 7) is 1.58. The molecule has 7 nitrogen and oxygen atoms in total. The zero-order valence-corrected chi connectivity index (χ0v) is 28.1. The van der Waals surface area contributed by atoms with Gasteiger partial charge in [0.15, 0.2) is 0 Å². The van der Waals surface area contributed by atoms with E-state index in [-0.39, 0.29) is 44.5 Å². The zero-order valence-electron chi connectivity index (χ0n) is 24.3. The van der Waals surface area contributed by atoms with Crippen molar-refractivity contribution in [3.05, 3.63) is 128 Å². The predicted molar refractivity (Wildman–Crippen MR) is 182 cm³/mol. The van der Waals surface area contributed by atoms with Gasteiger partial charge in [-0.1, -0.05) is 108 Å². The molecule has 4 aromatic rings. The minimum atomic E-state index is -4.32. The number of hydrogen-bond acceptors (Lipinski definition) is 4. The number of rotatable bonds is 13. The number of amides is 2. The van der Waals surface area contributed by atoms with Crippen LogP contribution in [0, 0.1) is 0 Å². The molecule has 4 rings (SSSR count). The molecular weight excluding hydrogens is 676 g/mol. The van der Waals surface area contributed by atoms with E-state index in [2.05, 4.69) is 5.32 Å². The smallest absolute Gasteiger partial charge is 0.264 e.